The smallest absolute Gasteiger partial charge is 0.209 e. The largest absolute Gasteiger partial charge is 0.508 e. The number of hydrazone groups is 1. The Morgan fingerprint density at radius 3 is 2.36 bits per heavy atom. The first-order valence-electron chi connectivity index (χ1n) is 3.98. The summed E-state index contributed by atoms with van der Waals surface area (Å²) in [5.74, 6) is 5.36. The molecule has 0 unspecified atom stereocenters. The number of benzene rings is 1. The van der Waals surface area contributed by atoms with Gasteiger partial charge in [0.25, 0.3) is 0 Å². The molecule has 0 heterocycles. The lowest BCUT2D eigenvalue weighted by atomic mass is 10.1. The molecule has 0 atom stereocenters. The molecule has 76 valence electrons. The van der Waals surface area contributed by atoms with Crippen molar-refractivity contribution in [2.24, 2.45) is 10.9 Å². The molecule has 0 fully saturated rings. The minimum atomic E-state index is -0.00697. The molecule has 0 saturated carbocycles. The van der Waals surface area contributed by atoms with Crippen LogP contribution in [0.25, 0.3) is 0 Å². The summed E-state index contributed by atoms with van der Waals surface area (Å²) in [5.41, 5.74) is 0.675. The summed E-state index contributed by atoms with van der Waals surface area (Å²) < 4.78 is 4.84. The van der Waals surface area contributed by atoms with Crippen LogP contribution in [-0.2, 0) is 11.2 Å². The van der Waals surface area contributed by atoms with Crippen LogP contribution in [0.5, 0.6) is 11.5 Å². The predicted molar refractivity (Wildman–Crippen MR) is 52.1 cm³/mol. The lowest BCUT2D eigenvalue weighted by Gasteiger charge is -2.04. The van der Waals surface area contributed by atoms with Gasteiger partial charge in [-0.2, -0.15) is 0 Å². The number of phenolic OH excluding ortho intramolecular Hbond substituents is 2. The fourth-order valence-electron chi connectivity index (χ4n) is 1.10. The number of phenols is 2. The first-order valence-corrected chi connectivity index (χ1v) is 3.98. The molecule has 0 radical (unpaired) electrons. The molecule has 0 aliphatic rings. The van der Waals surface area contributed by atoms with Gasteiger partial charge in [0.1, 0.15) is 11.5 Å². The van der Waals surface area contributed by atoms with Gasteiger partial charge in [-0.15, -0.1) is 5.10 Å². The van der Waals surface area contributed by atoms with Crippen molar-refractivity contribution in [3.05, 3.63) is 23.8 Å². The van der Waals surface area contributed by atoms with Gasteiger partial charge in [0.2, 0.25) is 5.90 Å². The van der Waals surface area contributed by atoms with E-state index in [1.54, 1.807) is 0 Å². The standard InChI is InChI=1S/C9H12N2O3/c1-14-9(11-10)4-6-2-7(12)5-8(13)3-6/h2-3,5,12-13H,4,10H2,1H3. The van der Waals surface area contributed by atoms with E-state index < -0.39 is 0 Å². The summed E-state index contributed by atoms with van der Waals surface area (Å²) in [6.45, 7) is 0. The Balaban J connectivity index is 2.86. The summed E-state index contributed by atoms with van der Waals surface area (Å²) >= 11 is 0. The van der Waals surface area contributed by atoms with Crippen LogP contribution >= 0.6 is 0 Å². The van der Waals surface area contributed by atoms with Crippen molar-refractivity contribution in [3.8, 4) is 11.5 Å². The lowest BCUT2D eigenvalue weighted by molar-refractivity contribution is 0.391. The molecular formula is C9H12N2O3. The molecule has 5 nitrogen and oxygen atoms in total. The Morgan fingerprint density at radius 1 is 1.36 bits per heavy atom. The zero-order chi connectivity index (χ0) is 10.6. The summed E-state index contributed by atoms with van der Waals surface area (Å²) in [6.07, 6.45) is 0.328. The molecule has 5 heteroatoms. The minimum Gasteiger partial charge on any atom is -0.508 e. The van der Waals surface area contributed by atoms with Crippen LogP contribution in [-0.4, -0.2) is 23.2 Å². The van der Waals surface area contributed by atoms with Crippen LogP contribution in [0, 0.1) is 0 Å². The number of ether oxygens (including phenoxy) is 1. The third kappa shape index (κ3) is 2.55. The molecule has 1 rings (SSSR count). The van der Waals surface area contributed by atoms with Crippen molar-refractivity contribution in [3.63, 3.8) is 0 Å². The number of rotatable bonds is 2. The second-order valence-corrected chi connectivity index (χ2v) is 2.76. The average molecular weight is 196 g/mol. The molecule has 1 aromatic rings. The molecule has 4 N–H and O–H groups in total. The van der Waals surface area contributed by atoms with Crippen LogP contribution in [0.3, 0.4) is 0 Å². The quantitative estimate of drug-likeness (QED) is 0.279. The van der Waals surface area contributed by atoms with E-state index in [9.17, 15) is 10.2 Å². The van der Waals surface area contributed by atoms with Gasteiger partial charge in [0.05, 0.1) is 13.5 Å². The highest BCUT2D eigenvalue weighted by molar-refractivity contribution is 5.78. The topological polar surface area (TPSA) is 88.1 Å². The van der Waals surface area contributed by atoms with Gasteiger partial charge in [-0.1, -0.05) is 0 Å². The Labute approximate surface area is 81.4 Å². The average Bonchev–Trinajstić information content (AvgIpc) is 2.12. The first-order chi connectivity index (χ1) is 6.65. The van der Waals surface area contributed by atoms with Gasteiger partial charge in [-0.3, -0.25) is 0 Å². The SMILES string of the molecule is COC(Cc1cc(O)cc(O)c1)=NN. The summed E-state index contributed by atoms with van der Waals surface area (Å²) in [4.78, 5) is 0. The molecule has 14 heavy (non-hydrogen) atoms. The Bertz CT molecular complexity index is 330. The van der Waals surface area contributed by atoms with Crippen molar-refractivity contribution in [1.82, 2.24) is 0 Å². The third-order valence-corrected chi connectivity index (χ3v) is 1.70. The molecule has 0 aliphatic carbocycles. The van der Waals surface area contributed by atoms with E-state index in [1.165, 1.54) is 25.3 Å². The fraction of sp³-hybridized carbons (Fsp3) is 0.222. The van der Waals surface area contributed by atoms with Crippen molar-refractivity contribution < 1.29 is 14.9 Å². The fourth-order valence-corrected chi connectivity index (χ4v) is 1.10. The van der Waals surface area contributed by atoms with Crippen molar-refractivity contribution in [1.29, 1.82) is 0 Å². The number of hydrogen-bond donors (Lipinski definition) is 3. The van der Waals surface area contributed by atoms with Crippen LogP contribution in [0.4, 0.5) is 0 Å². The van der Waals surface area contributed by atoms with Gasteiger partial charge in [0, 0.05) is 6.07 Å². The minimum absolute atomic E-state index is 0.00697. The number of methoxy groups -OCH3 is 1. The molecule has 0 bridgehead atoms. The Hall–Kier alpha value is -1.91. The highest BCUT2D eigenvalue weighted by Crippen LogP contribution is 2.20. The van der Waals surface area contributed by atoms with E-state index in [4.69, 9.17) is 10.6 Å². The first kappa shape index (κ1) is 10.2. The van der Waals surface area contributed by atoms with E-state index in [2.05, 4.69) is 5.10 Å². The van der Waals surface area contributed by atoms with Gasteiger partial charge < -0.3 is 20.8 Å². The highest BCUT2D eigenvalue weighted by Gasteiger charge is 2.03. The maximum Gasteiger partial charge on any atom is 0.209 e. The summed E-state index contributed by atoms with van der Waals surface area (Å²) in [5, 5.41) is 21.8. The van der Waals surface area contributed by atoms with Gasteiger partial charge in [-0.05, 0) is 17.7 Å². The highest BCUT2D eigenvalue weighted by atomic mass is 16.5. The number of nitrogens with zero attached hydrogens (tertiary/aromatic N) is 1. The molecule has 1 aromatic carbocycles. The number of aromatic hydroxyl groups is 2. The normalized spacial score (nSPS) is 11.4. The van der Waals surface area contributed by atoms with E-state index in [0.29, 0.717) is 17.9 Å². The van der Waals surface area contributed by atoms with Crippen molar-refractivity contribution in [2.45, 2.75) is 6.42 Å². The Kier molecular flexibility index (Phi) is 3.17. The molecule has 0 aliphatic heterocycles. The molecule has 0 spiro atoms. The van der Waals surface area contributed by atoms with Gasteiger partial charge in [0.15, 0.2) is 0 Å². The van der Waals surface area contributed by atoms with Crippen molar-refractivity contribution in [2.75, 3.05) is 7.11 Å². The van der Waals surface area contributed by atoms with Crippen LogP contribution in [0.2, 0.25) is 0 Å². The van der Waals surface area contributed by atoms with Crippen molar-refractivity contribution >= 4 is 5.90 Å². The maximum absolute atomic E-state index is 9.18. The van der Waals surface area contributed by atoms with E-state index in [0.717, 1.165) is 0 Å². The zero-order valence-corrected chi connectivity index (χ0v) is 7.77. The Morgan fingerprint density at radius 2 is 1.93 bits per heavy atom. The third-order valence-electron chi connectivity index (χ3n) is 1.70. The van der Waals surface area contributed by atoms with E-state index in [1.807, 2.05) is 0 Å². The molecular weight excluding hydrogens is 184 g/mol. The molecule has 0 aromatic heterocycles. The summed E-state index contributed by atoms with van der Waals surface area (Å²) in [6, 6.07) is 4.25. The second-order valence-electron chi connectivity index (χ2n) is 2.76. The van der Waals surface area contributed by atoms with E-state index in [-0.39, 0.29) is 11.5 Å². The van der Waals surface area contributed by atoms with Crippen LogP contribution < -0.4 is 5.84 Å². The summed E-state index contributed by atoms with van der Waals surface area (Å²) in [7, 11) is 1.45. The molecule has 0 saturated heterocycles. The van der Waals surface area contributed by atoms with Gasteiger partial charge in [-0.25, -0.2) is 0 Å². The number of hydrogen-bond acceptors (Lipinski definition) is 5. The maximum atomic E-state index is 9.18. The predicted octanol–water partition coefficient (Wildman–Crippen LogP) is 0.559. The lowest BCUT2D eigenvalue weighted by Crippen LogP contribution is -2.08. The van der Waals surface area contributed by atoms with Crippen LogP contribution in [0.1, 0.15) is 5.56 Å². The monoisotopic (exact) mass is 196 g/mol. The molecule has 0 amide bonds. The van der Waals surface area contributed by atoms with Gasteiger partial charge >= 0.3 is 0 Å². The zero-order valence-electron chi connectivity index (χ0n) is 7.77. The van der Waals surface area contributed by atoms with E-state index >= 15 is 0 Å². The van der Waals surface area contributed by atoms with Crippen LogP contribution in [0.15, 0.2) is 23.3 Å². The number of nitrogens with two attached hydrogens (primary N) is 1. The second kappa shape index (κ2) is 4.36.